The Morgan fingerprint density at radius 1 is 0.971 bits per heavy atom. The van der Waals surface area contributed by atoms with Crippen LogP contribution in [0.15, 0.2) is 66.9 Å². The summed E-state index contributed by atoms with van der Waals surface area (Å²) in [5.74, 6) is 0.361. The molecule has 1 amide bonds. The first-order valence-electron chi connectivity index (χ1n) is 11.2. The number of carbonyl (C=O) groups excluding carboxylic acids is 1. The topological polar surface area (TPSA) is 74.2 Å². The van der Waals surface area contributed by atoms with Crippen molar-refractivity contribution in [3.8, 4) is 0 Å². The Bertz CT molecular complexity index is 1140. The number of halogens is 3. The highest BCUT2D eigenvalue weighted by molar-refractivity contribution is 5.95. The van der Waals surface area contributed by atoms with E-state index in [0.717, 1.165) is 30.5 Å². The highest BCUT2D eigenvalue weighted by Gasteiger charge is 2.30. The Morgan fingerprint density at radius 3 is 2.47 bits per heavy atom. The fraction of sp³-hybridized carbons (Fsp3) is 0.308. The average Bonchev–Trinajstić information content (AvgIpc) is 2.81. The van der Waals surface area contributed by atoms with E-state index in [1.54, 1.807) is 42.6 Å². The van der Waals surface area contributed by atoms with Crippen LogP contribution in [0.5, 0.6) is 0 Å². The van der Waals surface area contributed by atoms with Gasteiger partial charge in [0.1, 0.15) is 5.82 Å². The molecule has 0 aliphatic heterocycles. The predicted octanol–water partition coefficient (Wildman–Crippen LogP) is 5.47. The summed E-state index contributed by atoms with van der Waals surface area (Å²) in [4.78, 5) is 17.0. The van der Waals surface area contributed by atoms with Gasteiger partial charge in [-0.15, -0.1) is 0 Å². The fourth-order valence-electron chi connectivity index (χ4n) is 4.12. The number of carbonyl (C=O) groups is 1. The number of nitrogens with zero attached hydrogens (tertiary/aromatic N) is 1. The number of alkyl halides is 3. The monoisotopic (exact) mass is 469 g/mol. The number of hydrogen-bond donors (Lipinski definition) is 3. The lowest BCUT2D eigenvalue weighted by Crippen LogP contribution is -2.38. The molecule has 1 aliphatic rings. The molecule has 1 fully saturated rings. The van der Waals surface area contributed by atoms with E-state index < -0.39 is 11.7 Å². The van der Waals surface area contributed by atoms with Crippen molar-refractivity contribution < 1.29 is 23.1 Å². The summed E-state index contributed by atoms with van der Waals surface area (Å²) in [6, 6.07) is 15.9. The maximum absolute atomic E-state index is 13.0. The van der Waals surface area contributed by atoms with Gasteiger partial charge in [-0.1, -0.05) is 24.3 Å². The molecule has 0 bridgehead atoms. The maximum Gasteiger partial charge on any atom is 0.416 e. The van der Waals surface area contributed by atoms with Crippen molar-refractivity contribution in [2.45, 2.75) is 50.4 Å². The first kappa shape index (κ1) is 23.8. The summed E-state index contributed by atoms with van der Waals surface area (Å²) in [5.41, 5.74) is 1.88. The average molecular weight is 470 g/mol. The van der Waals surface area contributed by atoms with Crippen LogP contribution in [0.2, 0.25) is 0 Å². The van der Waals surface area contributed by atoms with Crippen LogP contribution in [0.3, 0.4) is 0 Å². The zero-order valence-electron chi connectivity index (χ0n) is 18.5. The Morgan fingerprint density at radius 2 is 1.71 bits per heavy atom. The molecule has 178 valence electrons. The Kier molecular flexibility index (Phi) is 7.17. The number of aliphatic hydroxyl groups excluding tert-OH is 1. The molecule has 4 rings (SSSR count). The van der Waals surface area contributed by atoms with Crippen molar-refractivity contribution in [3.05, 3.63) is 89.1 Å². The summed E-state index contributed by atoms with van der Waals surface area (Å²) in [5, 5.41) is 15.8. The number of hydrogen-bond acceptors (Lipinski definition) is 4. The Labute approximate surface area is 196 Å². The number of anilines is 2. The van der Waals surface area contributed by atoms with Crippen LogP contribution in [0, 0.1) is 0 Å². The minimum Gasteiger partial charge on any atom is -0.393 e. The van der Waals surface area contributed by atoms with E-state index in [1.165, 1.54) is 6.07 Å². The summed E-state index contributed by atoms with van der Waals surface area (Å²) < 4.78 is 39.0. The number of benzene rings is 2. The van der Waals surface area contributed by atoms with E-state index in [4.69, 9.17) is 0 Å². The van der Waals surface area contributed by atoms with Crippen molar-refractivity contribution in [2.75, 3.05) is 5.32 Å². The zero-order valence-corrected chi connectivity index (χ0v) is 18.5. The lowest BCUT2D eigenvalue weighted by atomic mass is 9.93. The van der Waals surface area contributed by atoms with E-state index in [2.05, 4.69) is 15.6 Å². The fourth-order valence-corrected chi connectivity index (χ4v) is 4.12. The van der Waals surface area contributed by atoms with Gasteiger partial charge in [-0.3, -0.25) is 4.79 Å². The molecule has 2 aromatic carbocycles. The third kappa shape index (κ3) is 6.35. The van der Waals surface area contributed by atoms with E-state index in [9.17, 15) is 23.1 Å². The van der Waals surface area contributed by atoms with Gasteiger partial charge in [-0.25, -0.2) is 4.98 Å². The predicted molar refractivity (Wildman–Crippen MR) is 124 cm³/mol. The maximum atomic E-state index is 13.0. The first-order chi connectivity index (χ1) is 16.3. The van der Waals surface area contributed by atoms with Crippen LogP contribution in [0.4, 0.5) is 24.7 Å². The van der Waals surface area contributed by atoms with Crippen molar-refractivity contribution >= 4 is 17.4 Å². The number of nitrogens with one attached hydrogen (secondary N) is 2. The molecule has 1 aliphatic carbocycles. The minimum atomic E-state index is -4.38. The van der Waals surface area contributed by atoms with Crippen LogP contribution >= 0.6 is 0 Å². The molecule has 34 heavy (non-hydrogen) atoms. The molecule has 0 spiro atoms. The molecule has 3 aromatic rings. The summed E-state index contributed by atoms with van der Waals surface area (Å²) in [7, 11) is 0. The second-order valence-electron chi connectivity index (χ2n) is 8.61. The zero-order chi connectivity index (χ0) is 24.1. The highest BCUT2D eigenvalue weighted by Crippen LogP contribution is 2.30. The van der Waals surface area contributed by atoms with Gasteiger partial charge >= 0.3 is 6.18 Å². The third-order valence-electron chi connectivity index (χ3n) is 5.92. The first-order valence-corrected chi connectivity index (χ1v) is 11.2. The van der Waals surface area contributed by atoms with Crippen LogP contribution in [0.25, 0.3) is 0 Å². The molecule has 0 saturated heterocycles. The normalized spacial score (nSPS) is 18.4. The number of aromatic nitrogens is 1. The van der Waals surface area contributed by atoms with Crippen LogP contribution in [0.1, 0.15) is 52.7 Å². The molecule has 0 unspecified atom stereocenters. The summed E-state index contributed by atoms with van der Waals surface area (Å²) in [6.45, 7) is 0. The lowest BCUT2D eigenvalue weighted by molar-refractivity contribution is -0.137. The van der Waals surface area contributed by atoms with Gasteiger partial charge in [0.05, 0.1) is 11.7 Å². The van der Waals surface area contributed by atoms with E-state index >= 15 is 0 Å². The number of aliphatic hydroxyl groups is 1. The van der Waals surface area contributed by atoms with Crippen molar-refractivity contribution in [2.24, 2.45) is 0 Å². The minimum absolute atomic E-state index is 0.0571. The quantitative estimate of drug-likeness (QED) is 0.448. The number of amides is 1. The van der Waals surface area contributed by atoms with Gasteiger partial charge in [-0.2, -0.15) is 13.2 Å². The molecule has 1 saturated carbocycles. The van der Waals surface area contributed by atoms with Gasteiger partial charge < -0.3 is 15.7 Å². The van der Waals surface area contributed by atoms with E-state index in [1.807, 2.05) is 6.07 Å². The second kappa shape index (κ2) is 10.3. The van der Waals surface area contributed by atoms with Gasteiger partial charge in [-0.05, 0) is 79.6 Å². The molecule has 0 radical (unpaired) electrons. The van der Waals surface area contributed by atoms with Gasteiger partial charge in [0, 0.05) is 23.5 Å². The van der Waals surface area contributed by atoms with Gasteiger partial charge in [0.25, 0.3) is 5.91 Å². The van der Waals surface area contributed by atoms with E-state index in [-0.39, 0.29) is 18.1 Å². The molecular weight excluding hydrogens is 443 g/mol. The number of pyridine rings is 1. The summed E-state index contributed by atoms with van der Waals surface area (Å²) >= 11 is 0. The van der Waals surface area contributed by atoms with Gasteiger partial charge in [0.15, 0.2) is 0 Å². The highest BCUT2D eigenvalue weighted by atomic mass is 19.4. The van der Waals surface area contributed by atoms with E-state index in [0.29, 0.717) is 41.9 Å². The molecule has 1 heterocycles. The third-order valence-corrected chi connectivity index (χ3v) is 5.92. The van der Waals surface area contributed by atoms with Crippen molar-refractivity contribution in [3.63, 3.8) is 0 Å². The molecular formula is C26H26F3N3O2. The number of rotatable bonds is 6. The van der Waals surface area contributed by atoms with Crippen molar-refractivity contribution in [1.29, 1.82) is 0 Å². The summed E-state index contributed by atoms with van der Waals surface area (Å²) in [6.07, 6.45) is 0.165. The molecule has 0 atom stereocenters. The van der Waals surface area contributed by atoms with Crippen molar-refractivity contribution in [1.82, 2.24) is 10.3 Å². The molecule has 8 heteroatoms. The Balaban J connectivity index is 1.42. The molecule has 5 nitrogen and oxygen atoms in total. The SMILES string of the molecule is O=C(N[C@H]1CC[C@H](O)CC1)c1cccc(Nc2cc(Cc3cccc(C(F)(F)F)c3)ccn2)c1. The largest absolute Gasteiger partial charge is 0.416 e. The van der Waals surface area contributed by atoms with Crippen LogP contribution < -0.4 is 10.6 Å². The van der Waals surface area contributed by atoms with Crippen LogP contribution in [-0.4, -0.2) is 28.1 Å². The molecule has 1 aromatic heterocycles. The molecule has 3 N–H and O–H groups in total. The second-order valence-corrected chi connectivity index (χ2v) is 8.61. The van der Waals surface area contributed by atoms with Gasteiger partial charge in [0.2, 0.25) is 0 Å². The Hall–Kier alpha value is -3.39. The standard InChI is InChI=1S/C26H26F3N3O2/c27-26(28,29)20-5-1-3-17(14-20)13-18-11-12-30-24(15-18)31-22-6-2-4-19(16-22)25(34)32-21-7-9-23(33)10-8-21/h1-6,11-12,14-16,21,23,33H,7-10,13H2,(H,30,31)(H,32,34)/t21-,23-. The smallest absolute Gasteiger partial charge is 0.393 e. The lowest BCUT2D eigenvalue weighted by Gasteiger charge is -2.26. The van der Waals surface area contributed by atoms with Crippen LogP contribution in [-0.2, 0) is 12.6 Å².